The molecule has 0 radical (unpaired) electrons. The van der Waals surface area contributed by atoms with Crippen LogP contribution in [0.4, 0.5) is 4.39 Å². The molecule has 0 atom stereocenters. The van der Waals surface area contributed by atoms with E-state index in [-0.39, 0.29) is 5.95 Å². The Labute approximate surface area is 65.6 Å². The molecule has 58 valence electrons. The van der Waals surface area contributed by atoms with Crippen LogP contribution in [-0.2, 0) is 6.42 Å². The second kappa shape index (κ2) is 3.28. The molecule has 1 heterocycles. The van der Waals surface area contributed by atoms with Crippen LogP contribution in [0.2, 0.25) is 0 Å². The molecule has 0 aliphatic rings. The van der Waals surface area contributed by atoms with Crippen molar-refractivity contribution in [1.82, 2.24) is 4.98 Å². The van der Waals surface area contributed by atoms with Crippen molar-refractivity contribution >= 4 is 6.08 Å². The maximum absolute atomic E-state index is 12.9. The van der Waals surface area contributed by atoms with Crippen molar-refractivity contribution < 1.29 is 4.39 Å². The van der Waals surface area contributed by atoms with Crippen LogP contribution in [0.15, 0.2) is 18.8 Å². The largest absolute Gasteiger partial charge is 0.228 e. The summed E-state index contributed by atoms with van der Waals surface area (Å²) in [5.74, 6) is -0.384. The fraction of sp³-hybridized carbons (Fsp3) is 0.222. The van der Waals surface area contributed by atoms with Gasteiger partial charge in [-0.05, 0) is 18.1 Å². The summed E-state index contributed by atoms with van der Waals surface area (Å²) in [6, 6.07) is 1.76. The highest BCUT2D eigenvalue weighted by Gasteiger charge is 2.03. The van der Waals surface area contributed by atoms with Crippen LogP contribution in [-0.4, -0.2) is 4.98 Å². The van der Waals surface area contributed by atoms with Crippen LogP contribution >= 0.6 is 0 Å². The van der Waals surface area contributed by atoms with Gasteiger partial charge in [0.2, 0.25) is 5.95 Å². The van der Waals surface area contributed by atoms with Crippen molar-refractivity contribution in [3.05, 3.63) is 35.9 Å². The van der Waals surface area contributed by atoms with Crippen molar-refractivity contribution in [3.8, 4) is 0 Å². The zero-order valence-electron chi connectivity index (χ0n) is 6.47. The van der Waals surface area contributed by atoms with E-state index >= 15 is 0 Å². The fourth-order valence-corrected chi connectivity index (χ4v) is 1.02. The Morgan fingerprint density at radius 2 is 2.45 bits per heavy atom. The van der Waals surface area contributed by atoms with E-state index in [1.165, 1.54) is 6.20 Å². The summed E-state index contributed by atoms with van der Waals surface area (Å²) in [7, 11) is 0. The Morgan fingerprint density at radius 1 is 1.73 bits per heavy atom. The monoisotopic (exact) mass is 151 g/mol. The SMILES string of the molecule is C=Cc1ccnc(F)c1CC. The molecule has 1 aromatic rings. The van der Waals surface area contributed by atoms with E-state index in [1.54, 1.807) is 12.1 Å². The van der Waals surface area contributed by atoms with Crippen molar-refractivity contribution in [2.45, 2.75) is 13.3 Å². The molecule has 0 bridgehead atoms. The molecule has 0 saturated carbocycles. The Kier molecular flexibility index (Phi) is 2.36. The molecule has 0 amide bonds. The van der Waals surface area contributed by atoms with Crippen LogP contribution in [0, 0.1) is 5.95 Å². The minimum atomic E-state index is -0.384. The summed E-state index contributed by atoms with van der Waals surface area (Å²) in [6.07, 6.45) is 3.75. The van der Waals surface area contributed by atoms with Crippen LogP contribution in [0.5, 0.6) is 0 Å². The Bertz CT molecular complexity index is 268. The molecule has 1 rings (SSSR count). The molecular formula is C9H10FN. The van der Waals surface area contributed by atoms with Gasteiger partial charge in [-0.3, -0.25) is 0 Å². The minimum Gasteiger partial charge on any atom is -0.228 e. The normalized spacial score (nSPS) is 9.64. The molecule has 11 heavy (non-hydrogen) atoms. The summed E-state index contributed by atoms with van der Waals surface area (Å²) in [5, 5.41) is 0. The Morgan fingerprint density at radius 3 is 2.91 bits per heavy atom. The third-order valence-electron chi connectivity index (χ3n) is 1.61. The Hall–Kier alpha value is -1.18. The fourth-order valence-electron chi connectivity index (χ4n) is 1.02. The number of pyridine rings is 1. The molecule has 0 fully saturated rings. The van der Waals surface area contributed by atoms with Crippen LogP contribution in [0.1, 0.15) is 18.1 Å². The second-order valence-corrected chi connectivity index (χ2v) is 2.23. The van der Waals surface area contributed by atoms with Gasteiger partial charge < -0.3 is 0 Å². The highest BCUT2D eigenvalue weighted by atomic mass is 19.1. The quantitative estimate of drug-likeness (QED) is 0.591. The lowest BCUT2D eigenvalue weighted by molar-refractivity contribution is 0.568. The average Bonchev–Trinajstić information content (AvgIpc) is 2.04. The molecule has 0 N–H and O–H groups in total. The predicted octanol–water partition coefficient (Wildman–Crippen LogP) is 2.43. The molecule has 0 spiro atoms. The van der Waals surface area contributed by atoms with Gasteiger partial charge in [0.1, 0.15) is 0 Å². The topological polar surface area (TPSA) is 12.9 Å². The summed E-state index contributed by atoms with van der Waals surface area (Å²) in [6.45, 7) is 5.48. The first-order chi connectivity index (χ1) is 5.29. The van der Waals surface area contributed by atoms with Gasteiger partial charge in [-0.25, -0.2) is 4.98 Å². The molecular weight excluding hydrogens is 141 g/mol. The van der Waals surface area contributed by atoms with E-state index in [4.69, 9.17) is 0 Å². The van der Waals surface area contributed by atoms with Crippen molar-refractivity contribution in [1.29, 1.82) is 0 Å². The van der Waals surface area contributed by atoms with Gasteiger partial charge in [0.05, 0.1) is 0 Å². The maximum atomic E-state index is 12.9. The number of halogens is 1. The maximum Gasteiger partial charge on any atom is 0.216 e. The molecule has 0 aliphatic heterocycles. The van der Waals surface area contributed by atoms with Gasteiger partial charge in [-0.15, -0.1) is 0 Å². The standard InChI is InChI=1S/C9H10FN/c1-3-7-5-6-11-9(10)8(7)4-2/h3,5-6H,1,4H2,2H3. The zero-order chi connectivity index (χ0) is 8.27. The number of rotatable bonds is 2. The van der Waals surface area contributed by atoms with Crippen molar-refractivity contribution in [2.24, 2.45) is 0 Å². The summed E-state index contributed by atoms with van der Waals surface area (Å²) in [5.41, 5.74) is 1.47. The predicted molar refractivity (Wildman–Crippen MR) is 43.7 cm³/mol. The lowest BCUT2D eigenvalue weighted by Crippen LogP contribution is -1.94. The lowest BCUT2D eigenvalue weighted by Gasteiger charge is -2.01. The first kappa shape index (κ1) is 7.92. The lowest BCUT2D eigenvalue weighted by atomic mass is 10.1. The highest BCUT2D eigenvalue weighted by molar-refractivity contribution is 5.50. The molecule has 2 heteroatoms. The number of hydrogen-bond acceptors (Lipinski definition) is 1. The van der Waals surface area contributed by atoms with Crippen LogP contribution < -0.4 is 0 Å². The van der Waals surface area contributed by atoms with E-state index in [1.807, 2.05) is 6.92 Å². The second-order valence-electron chi connectivity index (χ2n) is 2.23. The summed E-state index contributed by atoms with van der Waals surface area (Å²) >= 11 is 0. The number of aromatic nitrogens is 1. The number of nitrogens with zero attached hydrogens (tertiary/aromatic N) is 1. The van der Waals surface area contributed by atoms with Crippen molar-refractivity contribution in [3.63, 3.8) is 0 Å². The van der Waals surface area contributed by atoms with E-state index in [0.29, 0.717) is 12.0 Å². The third kappa shape index (κ3) is 1.45. The first-order valence-electron chi connectivity index (χ1n) is 3.55. The molecule has 0 saturated heterocycles. The summed E-state index contributed by atoms with van der Waals surface area (Å²) in [4.78, 5) is 3.54. The van der Waals surface area contributed by atoms with Gasteiger partial charge in [-0.2, -0.15) is 4.39 Å². The van der Waals surface area contributed by atoms with E-state index in [2.05, 4.69) is 11.6 Å². The van der Waals surface area contributed by atoms with E-state index < -0.39 is 0 Å². The highest BCUT2D eigenvalue weighted by Crippen LogP contribution is 2.12. The molecule has 0 aliphatic carbocycles. The Balaban J connectivity index is 3.23. The van der Waals surface area contributed by atoms with Gasteiger partial charge in [-0.1, -0.05) is 19.6 Å². The van der Waals surface area contributed by atoms with Gasteiger partial charge in [0.25, 0.3) is 0 Å². The van der Waals surface area contributed by atoms with E-state index in [0.717, 1.165) is 5.56 Å². The smallest absolute Gasteiger partial charge is 0.216 e. The third-order valence-corrected chi connectivity index (χ3v) is 1.61. The van der Waals surface area contributed by atoms with Gasteiger partial charge in [0, 0.05) is 11.8 Å². The van der Waals surface area contributed by atoms with Gasteiger partial charge >= 0.3 is 0 Å². The van der Waals surface area contributed by atoms with Gasteiger partial charge in [0.15, 0.2) is 0 Å². The molecule has 0 unspecified atom stereocenters. The zero-order valence-corrected chi connectivity index (χ0v) is 6.47. The molecule has 1 aromatic heterocycles. The number of hydrogen-bond donors (Lipinski definition) is 0. The first-order valence-corrected chi connectivity index (χ1v) is 3.55. The average molecular weight is 151 g/mol. The summed E-state index contributed by atoms with van der Waals surface area (Å²) < 4.78 is 12.9. The van der Waals surface area contributed by atoms with Crippen LogP contribution in [0.3, 0.4) is 0 Å². The minimum absolute atomic E-state index is 0.384. The van der Waals surface area contributed by atoms with E-state index in [9.17, 15) is 4.39 Å². The van der Waals surface area contributed by atoms with Crippen LogP contribution in [0.25, 0.3) is 6.08 Å². The molecule has 0 aromatic carbocycles. The molecule has 1 nitrogen and oxygen atoms in total. The van der Waals surface area contributed by atoms with Crippen molar-refractivity contribution in [2.75, 3.05) is 0 Å².